The molecule has 0 N–H and O–H groups in total. The molecule has 1 atom stereocenters. The molecular formula is C19H19N5OS2. The zero-order valence-electron chi connectivity index (χ0n) is 15.1. The van der Waals surface area contributed by atoms with E-state index in [1.165, 1.54) is 4.88 Å². The lowest BCUT2D eigenvalue weighted by molar-refractivity contribution is 0.375. The zero-order chi connectivity index (χ0) is 18.6. The summed E-state index contributed by atoms with van der Waals surface area (Å²) < 4.78 is 7.50. The van der Waals surface area contributed by atoms with Crippen LogP contribution >= 0.6 is 23.1 Å². The number of hydrogen-bond donors (Lipinski definition) is 0. The summed E-state index contributed by atoms with van der Waals surface area (Å²) in [4.78, 5) is 5.70. The van der Waals surface area contributed by atoms with E-state index >= 15 is 0 Å². The van der Waals surface area contributed by atoms with Gasteiger partial charge in [-0.2, -0.15) is 4.98 Å². The standard InChI is InChI=1S/C19H19N5OS2/c1-3-16-20-18(25-23-16)13(2)27-19-22-21-17(12-15-10-7-11-26-15)24(19)14-8-5-4-6-9-14/h4-11,13H,3,12H2,1-2H3. The van der Waals surface area contributed by atoms with Gasteiger partial charge in [-0.25, -0.2) is 0 Å². The first-order valence-electron chi connectivity index (χ1n) is 8.76. The molecule has 0 bridgehead atoms. The van der Waals surface area contributed by atoms with Gasteiger partial charge >= 0.3 is 0 Å². The number of aryl methyl sites for hydroxylation is 1. The van der Waals surface area contributed by atoms with Gasteiger partial charge in [-0.3, -0.25) is 4.57 Å². The van der Waals surface area contributed by atoms with Gasteiger partial charge in [-0.1, -0.05) is 48.1 Å². The Labute approximate surface area is 165 Å². The Bertz CT molecular complexity index is 994. The highest BCUT2D eigenvalue weighted by Gasteiger charge is 2.21. The van der Waals surface area contributed by atoms with Crippen molar-refractivity contribution in [1.82, 2.24) is 24.9 Å². The molecule has 3 aromatic heterocycles. The minimum Gasteiger partial charge on any atom is -0.338 e. The number of rotatable bonds is 7. The van der Waals surface area contributed by atoms with Crippen molar-refractivity contribution >= 4 is 23.1 Å². The number of nitrogens with zero attached hydrogens (tertiary/aromatic N) is 5. The van der Waals surface area contributed by atoms with Crippen LogP contribution < -0.4 is 0 Å². The van der Waals surface area contributed by atoms with Crippen LogP contribution in [0.5, 0.6) is 0 Å². The minimum absolute atomic E-state index is 0.0148. The van der Waals surface area contributed by atoms with Gasteiger partial charge in [0.1, 0.15) is 5.82 Å². The second-order valence-corrected chi connectivity index (χ2v) is 8.33. The Hall–Kier alpha value is -2.45. The van der Waals surface area contributed by atoms with E-state index in [0.717, 1.165) is 35.3 Å². The molecule has 1 aromatic carbocycles. The molecule has 0 saturated carbocycles. The first-order chi connectivity index (χ1) is 13.2. The Morgan fingerprint density at radius 2 is 2.00 bits per heavy atom. The smallest absolute Gasteiger partial charge is 0.239 e. The molecule has 0 amide bonds. The predicted octanol–water partition coefficient (Wildman–Crippen LogP) is 4.72. The topological polar surface area (TPSA) is 69.6 Å². The Morgan fingerprint density at radius 3 is 2.70 bits per heavy atom. The Morgan fingerprint density at radius 1 is 1.15 bits per heavy atom. The van der Waals surface area contributed by atoms with Gasteiger partial charge in [-0.15, -0.1) is 21.5 Å². The Kier molecular flexibility index (Phi) is 5.35. The van der Waals surface area contributed by atoms with Gasteiger partial charge < -0.3 is 4.52 Å². The van der Waals surface area contributed by atoms with Crippen molar-refractivity contribution < 1.29 is 4.52 Å². The SMILES string of the molecule is CCc1noc(C(C)Sc2nnc(Cc3cccs3)n2-c2ccccc2)n1. The van der Waals surface area contributed by atoms with Gasteiger partial charge in [0, 0.05) is 23.4 Å². The van der Waals surface area contributed by atoms with Crippen molar-refractivity contribution in [1.29, 1.82) is 0 Å². The molecule has 0 radical (unpaired) electrons. The van der Waals surface area contributed by atoms with Crippen LogP contribution in [0.15, 0.2) is 57.5 Å². The third-order valence-electron chi connectivity index (χ3n) is 4.06. The third kappa shape index (κ3) is 3.96. The molecule has 0 saturated heterocycles. The van der Waals surface area contributed by atoms with Crippen LogP contribution in [0.4, 0.5) is 0 Å². The molecule has 6 nitrogen and oxygen atoms in total. The summed E-state index contributed by atoms with van der Waals surface area (Å²) >= 11 is 3.30. The maximum absolute atomic E-state index is 5.39. The van der Waals surface area contributed by atoms with E-state index in [0.29, 0.717) is 5.89 Å². The van der Waals surface area contributed by atoms with E-state index in [1.54, 1.807) is 23.1 Å². The number of hydrogen-bond acceptors (Lipinski definition) is 7. The van der Waals surface area contributed by atoms with Gasteiger partial charge in [-0.05, 0) is 30.5 Å². The van der Waals surface area contributed by atoms with Crippen molar-refractivity contribution in [3.05, 3.63) is 70.3 Å². The summed E-state index contributed by atoms with van der Waals surface area (Å²) in [6, 6.07) is 14.4. The molecule has 0 aliphatic heterocycles. The monoisotopic (exact) mass is 397 g/mol. The van der Waals surface area contributed by atoms with E-state index in [2.05, 4.69) is 54.6 Å². The van der Waals surface area contributed by atoms with Gasteiger partial charge in [0.15, 0.2) is 11.0 Å². The summed E-state index contributed by atoms with van der Waals surface area (Å²) in [5, 5.41) is 15.8. The minimum atomic E-state index is -0.0148. The van der Waals surface area contributed by atoms with Crippen LogP contribution in [0.3, 0.4) is 0 Å². The Balaban J connectivity index is 1.66. The highest BCUT2D eigenvalue weighted by Crippen LogP contribution is 2.35. The van der Waals surface area contributed by atoms with Crippen molar-refractivity contribution in [2.45, 2.75) is 37.1 Å². The molecule has 8 heteroatoms. The van der Waals surface area contributed by atoms with Gasteiger partial charge in [0.2, 0.25) is 5.89 Å². The van der Waals surface area contributed by atoms with Crippen LogP contribution in [-0.2, 0) is 12.8 Å². The highest BCUT2D eigenvalue weighted by molar-refractivity contribution is 7.99. The first-order valence-corrected chi connectivity index (χ1v) is 10.5. The molecular weight excluding hydrogens is 378 g/mol. The van der Waals surface area contributed by atoms with Crippen LogP contribution in [0.25, 0.3) is 5.69 Å². The molecule has 4 aromatic rings. The third-order valence-corrected chi connectivity index (χ3v) is 5.96. The van der Waals surface area contributed by atoms with Gasteiger partial charge in [0.25, 0.3) is 0 Å². The molecule has 0 fully saturated rings. The fourth-order valence-electron chi connectivity index (χ4n) is 2.68. The number of thiophene rings is 1. The fraction of sp³-hybridized carbons (Fsp3) is 0.263. The normalized spacial score (nSPS) is 12.4. The predicted molar refractivity (Wildman–Crippen MR) is 106 cm³/mol. The maximum Gasteiger partial charge on any atom is 0.239 e. The largest absolute Gasteiger partial charge is 0.338 e. The van der Waals surface area contributed by atoms with E-state index in [1.807, 2.05) is 32.0 Å². The number of thioether (sulfide) groups is 1. The number of para-hydroxylation sites is 1. The van der Waals surface area contributed by atoms with E-state index in [9.17, 15) is 0 Å². The van der Waals surface area contributed by atoms with E-state index < -0.39 is 0 Å². The second-order valence-electron chi connectivity index (χ2n) is 5.99. The second kappa shape index (κ2) is 8.06. The molecule has 0 aliphatic carbocycles. The maximum atomic E-state index is 5.39. The van der Waals surface area contributed by atoms with Crippen molar-refractivity contribution in [3.8, 4) is 5.69 Å². The number of aromatic nitrogens is 5. The lowest BCUT2D eigenvalue weighted by Crippen LogP contribution is -2.03. The van der Waals surface area contributed by atoms with E-state index in [-0.39, 0.29) is 5.25 Å². The molecule has 0 spiro atoms. The summed E-state index contributed by atoms with van der Waals surface area (Å²) in [5.41, 5.74) is 1.04. The fourth-order valence-corrected chi connectivity index (χ4v) is 4.30. The van der Waals surface area contributed by atoms with E-state index in [4.69, 9.17) is 4.52 Å². The average Bonchev–Trinajstić information content (AvgIpc) is 3.44. The molecule has 4 rings (SSSR count). The molecule has 3 heterocycles. The van der Waals surface area contributed by atoms with Crippen LogP contribution in [-0.4, -0.2) is 24.9 Å². The van der Waals surface area contributed by atoms with Crippen LogP contribution in [0.1, 0.15) is 41.5 Å². The molecule has 138 valence electrons. The highest BCUT2D eigenvalue weighted by atomic mass is 32.2. The average molecular weight is 398 g/mol. The van der Waals surface area contributed by atoms with Crippen molar-refractivity contribution in [2.24, 2.45) is 0 Å². The van der Waals surface area contributed by atoms with Crippen molar-refractivity contribution in [2.75, 3.05) is 0 Å². The molecule has 27 heavy (non-hydrogen) atoms. The molecule has 1 unspecified atom stereocenters. The summed E-state index contributed by atoms with van der Waals surface area (Å²) in [6.07, 6.45) is 1.50. The summed E-state index contributed by atoms with van der Waals surface area (Å²) in [6.45, 7) is 4.05. The molecule has 0 aliphatic rings. The lowest BCUT2D eigenvalue weighted by atomic mass is 10.3. The summed E-state index contributed by atoms with van der Waals surface area (Å²) in [7, 11) is 0. The number of benzene rings is 1. The van der Waals surface area contributed by atoms with Crippen LogP contribution in [0, 0.1) is 0 Å². The van der Waals surface area contributed by atoms with Crippen LogP contribution in [0.2, 0.25) is 0 Å². The quantitative estimate of drug-likeness (QED) is 0.420. The van der Waals surface area contributed by atoms with Gasteiger partial charge in [0.05, 0.1) is 5.25 Å². The lowest BCUT2D eigenvalue weighted by Gasteiger charge is -2.11. The summed E-state index contributed by atoms with van der Waals surface area (Å²) in [5.74, 6) is 2.25. The first kappa shape index (κ1) is 17.9. The zero-order valence-corrected chi connectivity index (χ0v) is 16.7. The van der Waals surface area contributed by atoms with Crippen molar-refractivity contribution in [3.63, 3.8) is 0 Å².